The van der Waals surface area contributed by atoms with E-state index in [9.17, 15) is 22.0 Å². The van der Waals surface area contributed by atoms with Crippen molar-refractivity contribution >= 4 is 27.3 Å². The number of halogens is 2. The van der Waals surface area contributed by atoms with E-state index in [1.54, 1.807) is 23.1 Å². The van der Waals surface area contributed by atoms with E-state index >= 15 is 0 Å². The summed E-state index contributed by atoms with van der Waals surface area (Å²) in [6, 6.07) is 11.4. The maximum Gasteiger partial charge on any atom is 0.243 e. The van der Waals surface area contributed by atoms with Crippen LogP contribution < -0.4 is 9.21 Å². The van der Waals surface area contributed by atoms with Crippen LogP contribution in [0.3, 0.4) is 0 Å². The Morgan fingerprint density at radius 1 is 1.00 bits per heavy atom. The largest absolute Gasteiger partial charge is 0.366 e. The van der Waals surface area contributed by atoms with Crippen molar-refractivity contribution in [3.8, 4) is 0 Å². The summed E-state index contributed by atoms with van der Waals surface area (Å²) in [6.07, 6.45) is 1.000. The van der Waals surface area contributed by atoms with E-state index in [1.165, 1.54) is 18.2 Å². The Morgan fingerprint density at radius 2 is 1.61 bits per heavy atom. The Morgan fingerprint density at radius 3 is 2.18 bits per heavy atom. The number of sulfonamides is 1. The lowest BCUT2D eigenvalue weighted by Crippen LogP contribution is -2.52. The lowest BCUT2D eigenvalue weighted by Gasteiger charge is -2.37. The van der Waals surface area contributed by atoms with Crippen LogP contribution in [0.1, 0.15) is 0 Å². The van der Waals surface area contributed by atoms with Crippen molar-refractivity contribution in [2.75, 3.05) is 48.2 Å². The van der Waals surface area contributed by atoms with Gasteiger partial charge in [0.2, 0.25) is 15.9 Å². The molecule has 0 saturated carbocycles. The highest BCUT2D eigenvalue weighted by molar-refractivity contribution is 7.92. The second kappa shape index (κ2) is 8.14. The van der Waals surface area contributed by atoms with Gasteiger partial charge in [-0.1, -0.05) is 12.1 Å². The average Bonchev–Trinajstić information content (AvgIpc) is 2.66. The fraction of sp³-hybridized carbons (Fsp3) is 0.316. The number of carbonyl (C=O) groups excluding carboxylic acids is 1. The summed E-state index contributed by atoms with van der Waals surface area (Å²) < 4.78 is 52.3. The van der Waals surface area contributed by atoms with E-state index in [0.29, 0.717) is 31.9 Å². The number of rotatable bonds is 5. The van der Waals surface area contributed by atoms with Crippen LogP contribution in [0.4, 0.5) is 20.2 Å². The number of amides is 1. The fourth-order valence-corrected chi connectivity index (χ4v) is 3.98. The third kappa shape index (κ3) is 4.59. The highest BCUT2D eigenvalue weighted by Crippen LogP contribution is 2.21. The van der Waals surface area contributed by atoms with Crippen LogP contribution in [0.25, 0.3) is 0 Å². The summed E-state index contributed by atoms with van der Waals surface area (Å²) in [6.45, 7) is 1.23. The minimum Gasteiger partial charge on any atom is -0.366 e. The molecule has 1 saturated heterocycles. The van der Waals surface area contributed by atoms with Crippen LogP contribution in [0.15, 0.2) is 48.5 Å². The Bertz CT molecular complexity index is 943. The SMILES string of the molecule is CS(=O)(=O)N(CC(=O)N1CCN(c2ccccc2F)CC1)c1ccc(F)cc1. The summed E-state index contributed by atoms with van der Waals surface area (Å²) in [5.74, 6) is -1.17. The molecule has 28 heavy (non-hydrogen) atoms. The van der Waals surface area contributed by atoms with E-state index in [2.05, 4.69) is 0 Å². The van der Waals surface area contributed by atoms with E-state index < -0.39 is 15.8 Å². The van der Waals surface area contributed by atoms with Gasteiger partial charge in [-0.25, -0.2) is 17.2 Å². The van der Waals surface area contributed by atoms with Gasteiger partial charge in [-0.2, -0.15) is 0 Å². The quantitative estimate of drug-likeness (QED) is 0.759. The molecule has 1 aliphatic rings. The predicted molar refractivity (Wildman–Crippen MR) is 104 cm³/mol. The zero-order valence-corrected chi connectivity index (χ0v) is 16.2. The molecule has 1 aliphatic heterocycles. The molecule has 0 bridgehead atoms. The highest BCUT2D eigenvalue weighted by atomic mass is 32.2. The molecule has 2 aromatic rings. The molecule has 0 spiro atoms. The first-order valence-electron chi connectivity index (χ1n) is 8.76. The first-order chi connectivity index (χ1) is 13.3. The Labute approximate surface area is 163 Å². The number of hydrogen-bond donors (Lipinski definition) is 0. The number of nitrogens with zero attached hydrogens (tertiary/aromatic N) is 3. The first kappa shape index (κ1) is 20.1. The zero-order valence-electron chi connectivity index (χ0n) is 15.4. The Kier molecular flexibility index (Phi) is 5.83. The molecule has 2 aromatic carbocycles. The summed E-state index contributed by atoms with van der Waals surface area (Å²) in [4.78, 5) is 16.1. The van der Waals surface area contributed by atoms with Crippen LogP contribution in [0.2, 0.25) is 0 Å². The summed E-state index contributed by atoms with van der Waals surface area (Å²) in [7, 11) is -3.72. The molecular formula is C19H21F2N3O3S. The average molecular weight is 409 g/mol. The molecule has 0 unspecified atom stereocenters. The smallest absolute Gasteiger partial charge is 0.243 e. The molecule has 1 heterocycles. The van der Waals surface area contributed by atoms with Gasteiger partial charge in [-0.05, 0) is 36.4 Å². The molecule has 1 fully saturated rings. The number of carbonyl (C=O) groups is 1. The molecule has 0 N–H and O–H groups in total. The van der Waals surface area contributed by atoms with Gasteiger partial charge in [-0.15, -0.1) is 0 Å². The van der Waals surface area contributed by atoms with Crippen LogP contribution in [-0.4, -0.2) is 58.2 Å². The van der Waals surface area contributed by atoms with Gasteiger partial charge in [0.1, 0.15) is 18.2 Å². The molecule has 0 aliphatic carbocycles. The third-order valence-corrected chi connectivity index (χ3v) is 5.76. The van der Waals surface area contributed by atoms with Crippen molar-refractivity contribution in [1.82, 2.24) is 4.90 Å². The van der Waals surface area contributed by atoms with Gasteiger partial charge in [0.05, 0.1) is 17.6 Å². The van der Waals surface area contributed by atoms with Crippen LogP contribution >= 0.6 is 0 Å². The first-order valence-corrected chi connectivity index (χ1v) is 10.6. The van der Waals surface area contributed by atoms with E-state index in [0.717, 1.165) is 22.7 Å². The normalized spacial score (nSPS) is 14.8. The summed E-state index contributed by atoms with van der Waals surface area (Å²) in [5.41, 5.74) is 0.709. The minimum absolute atomic E-state index is 0.224. The lowest BCUT2D eigenvalue weighted by atomic mass is 10.2. The fourth-order valence-electron chi connectivity index (χ4n) is 3.14. The molecule has 150 valence electrons. The highest BCUT2D eigenvalue weighted by Gasteiger charge is 2.27. The topological polar surface area (TPSA) is 60.9 Å². The minimum atomic E-state index is -3.72. The molecule has 9 heteroatoms. The molecule has 0 radical (unpaired) electrons. The Balaban J connectivity index is 1.67. The van der Waals surface area contributed by atoms with Gasteiger partial charge >= 0.3 is 0 Å². The molecule has 0 atom stereocenters. The maximum absolute atomic E-state index is 13.9. The summed E-state index contributed by atoms with van der Waals surface area (Å²) >= 11 is 0. The van der Waals surface area contributed by atoms with Crippen molar-refractivity contribution in [3.63, 3.8) is 0 Å². The number of piperazine rings is 1. The monoisotopic (exact) mass is 409 g/mol. The zero-order chi connectivity index (χ0) is 20.3. The van der Waals surface area contributed by atoms with Crippen molar-refractivity contribution in [3.05, 3.63) is 60.2 Å². The van der Waals surface area contributed by atoms with Gasteiger partial charge < -0.3 is 9.80 Å². The van der Waals surface area contributed by atoms with Crippen molar-refractivity contribution in [2.24, 2.45) is 0 Å². The Hall–Kier alpha value is -2.68. The summed E-state index contributed by atoms with van der Waals surface area (Å²) in [5, 5.41) is 0. The van der Waals surface area contributed by atoms with E-state index in [-0.39, 0.29) is 24.0 Å². The van der Waals surface area contributed by atoms with Crippen molar-refractivity contribution < 1.29 is 22.0 Å². The van der Waals surface area contributed by atoms with E-state index in [4.69, 9.17) is 0 Å². The maximum atomic E-state index is 13.9. The van der Waals surface area contributed by atoms with Crippen molar-refractivity contribution in [1.29, 1.82) is 0 Å². The second-order valence-corrected chi connectivity index (χ2v) is 8.47. The van der Waals surface area contributed by atoms with Gasteiger partial charge in [-0.3, -0.25) is 9.10 Å². The van der Waals surface area contributed by atoms with Crippen LogP contribution in [0, 0.1) is 11.6 Å². The third-order valence-electron chi connectivity index (χ3n) is 4.62. The number of anilines is 2. The van der Waals surface area contributed by atoms with Crippen LogP contribution in [-0.2, 0) is 14.8 Å². The molecule has 0 aromatic heterocycles. The predicted octanol–water partition coefficient (Wildman–Crippen LogP) is 2.08. The molecule has 6 nitrogen and oxygen atoms in total. The molecular weight excluding hydrogens is 388 g/mol. The van der Waals surface area contributed by atoms with Crippen LogP contribution in [0.5, 0.6) is 0 Å². The van der Waals surface area contributed by atoms with E-state index in [1.807, 2.05) is 4.90 Å². The van der Waals surface area contributed by atoms with Gasteiger partial charge in [0.15, 0.2) is 0 Å². The standard InChI is InChI=1S/C19H21F2N3O3S/c1-28(26,27)24(16-8-6-15(20)7-9-16)14-19(25)23-12-10-22(11-13-23)18-5-3-2-4-17(18)21/h2-9H,10-14H2,1H3. The van der Waals surface area contributed by atoms with Gasteiger partial charge in [0.25, 0.3) is 0 Å². The second-order valence-electron chi connectivity index (χ2n) is 6.57. The number of para-hydroxylation sites is 1. The molecule has 1 amide bonds. The molecule has 3 rings (SSSR count). The lowest BCUT2D eigenvalue weighted by molar-refractivity contribution is -0.129. The number of benzene rings is 2. The van der Waals surface area contributed by atoms with Gasteiger partial charge in [0, 0.05) is 26.2 Å². The van der Waals surface area contributed by atoms with Crippen molar-refractivity contribution in [2.45, 2.75) is 0 Å². The number of hydrogen-bond acceptors (Lipinski definition) is 4.